The number of carbonyl (C=O) groups excluding carboxylic acids is 2. The van der Waals surface area contributed by atoms with Crippen molar-refractivity contribution in [1.82, 2.24) is 0 Å². The molecule has 0 bridgehead atoms. The van der Waals surface area contributed by atoms with E-state index in [9.17, 15) is 18.8 Å². The summed E-state index contributed by atoms with van der Waals surface area (Å²) in [5.74, 6) is -3.70. The lowest BCUT2D eigenvalue weighted by Crippen LogP contribution is -2.34. The smallest absolute Gasteiger partial charge is 0.323 e. The average molecular weight is 223 g/mol. The minimum absolute atomic E-state index is 0.0914. The summed E-state index contributed by atoms with van der Waals surface area (Å²) in [6.07, 6.45) is 0. The Labute approximate surface area is 89.1 Å². The van der Waals surface area contributed by atoms with Gasteiger partial charge in [-0.25, -0.2) is 4.39 Å². The molecule has 16 heavy (non-hydrogen) atoms. The van der Waals surface area contributed by atoms with Crippen LogP contribution in [-0.2, 0) is 9.59 Å². The molecule has 1 N–H and O–H groups in total. The summed E-state index contributed by atoms with van der Waals surface area (Å²) >= 11 is 0. The fourth-order valence-electron chi connectivity index (χ4n) is 1.56. The predicted molar refractivity (Wildman–Crippen MR) is 50.7 cm³/mol. The van der Waals surface area contributed by atoms with Crippen LogP contribution < -0.4 is 4.90 Å². The molecule has 5 nitrogen and oxygen atoms in total. The summed E-state index contributed by atoms with van der Waals surface area (Å²) in [5.41, 5.74) is 0.0463. The van der Waals surface area contributed by atoms with Crippen LogP contribution in [0.25, 0.3) is 0 Å². The number of carboxylic acid groups (broad SMARTS) is 1. The number of hydrogen-bond acceptors (Lipinski definition) is 3. The third-order valence-corrected chi connectivity index (χ3v) is 2.23. The number of Topliss-reactive ketones (excluding diaryl/α,β-unsaturated/α-hetero) is 1. The molecule has 0 radical (unpaired) electrons. The molecule has 1 aliphatic heterocycles. The number of ketones is 1. The molecule has 0 fully saturated rings. The lowest BCUT2D eigenvalue weighted by molar-refractivity contribution is -0.136. The van der Waals surface area contributed by atoms with E-state index in [1.165, 1.54) is 6.07 Å². The molecule has 0 spiro atoms. The largest absolute Gasteiger partial charge is 0.480 e. The van der Waals surface area contributed by atoms with Crippen LogP contribution in [0, 0.1) is 5.82 Å². The average Bonchev–Trinajstić information content (AvgIpc) is 2.43. The van der Waals surface area contributed by atoms with Crippen molar-refractivity contribution in [1.29, 1.82) is 0 Å². The predicted octanol–water partition coefficient (Wildman–Crippen LogP) is 0.440. The molecule has 82 valence electrons. The van der Waals surface area contributed by atoms with Crippen molar-refractivity contribution >= 4 is 23.3 Å². The molecule has 0 saturated carbocycles. The Morgan fingerprint density at radius 2 is 2.06 bits per heavy atom. The number of carbonyl (C=O) groups is 3. The van der Waals surface area contributed by atoms with E-state index < -0.39 is 30.0 Å². The number of nitrogens with zero attached hydrogens (tertiary/aromatic N) is 1. The first-order valence-electron chi connectivity index (χ1n) is 4.38. The van der Waals surface area contributed by atoms with Crippen molar-refractivity contribution in [2.24, 2.45) is 0 Å². The van der Waals surface area contributed by atoms with Gasteiger partial charge in [0.25, 0.3) is 11.7 Å². The second kappa shape index (κ2) is 3.41. The van der Waals surface area contributed by atoms with Gasteiger partial charge in [-0.3, -0.25) is 19.3 Å². The van der Waals surface area contributed by atoms with Crippen molar-refractivity contribution in [3.8, 4) is 0 Å². The Kier molecular flexibility index (Phi) is 2.19. The van der Waals surface area contributed by atoms with Crippen LogP contribution in [0.5, 0.6) is 0 Å². The molecule has 6 heteroatoms. The lowest BCUT2D eigenvalue weighted by Gasteiger charge is -2.12. The molecule has 1 amide bonds. The molecule has 0 aliphatic carbocycles. The summed E-state index contributed by atoms with van der Waals surface area (Å²) < 4.78 is 12.9. The number of aliphatic carboxylic acids is 1. The molecule has 1 heterocycles. The van der Waals surface area contributed by atoms with Crippen LogP contribution in [0.2, 0.25) is 0 Å². The van der Waals surface area contributed by atoms with E-state index in [4.69, 9.17) is 5.11 Å². The van der Waals surface area contributed by atoms with Gasteiger partial charge in [-0.15, -0.1) is 0 Å². The summed E-state index contributed by atoms with van der Waals surface area (Å²) in [5, 5.41) is 8.58. The standard InChI is InChI=1S/C10H6FNO4/c11-5-1-2-7-6(3-5)9(15)10(16)12(7)4-8(13)14/h1-3H,4H2,(H,13,14). The van der Waals surface area contributed by atoms with Crippen LogP contribution in [0.1, 0.15) is 10.4 Å². The van der Waals surface area contributed by atoms with E-state index in [1.54, 1.807) is 0 Å². The SMILES string of the molecule is O=C(O)CN1C(=O)C(=O)c2cc(F)ccc21. The van der Waals surface area contributed by atoms with Gasteiger partial charge in [-0.05, 0) is 18.2 Å². The van der Waals surface area contributed by atoms with Crippen LogP contribution in [0.15, 0.2) is 18.2 Å². The van der Waals surface area contributed by atoms with Crippen molar-refractivity contribution in [3.05, 3.63) is 29.6 Å². The molecule has 1 aromatic rings. The molecule has 1 aromatic carbocycles. The second-order valence-electron chi connectivity index (χ2n) is 3.28. The van der Waals surface area contributed by atoms with E-state index in [0.29, 0.717) is 0 Å². The number of anilines is 1. The molecular weight excluding hydrogens is 217 g/mol. The first kappa shape index (κ1) is 10.3. The van der Waals surface area contributed by atoms with E-state index in [2.05, 4.69) is 0 Å². The Hall–Kier alpha value is -2.24. The molecule has 0 unspecified atom stereocenters. The van der Waals surface area contributed by atoms with Gasteiger partial charge >= 0.3 is 5.97 Å². The van der Waals surface area contributed by atoms with E-state index in [1.807, 2.05) is 0 Å². The van der Waals surface area contributed by atoms with E-state index >= 15 is 0 Å². The number of amides is 1. The van der Waals surface area contributed by atoms with Gasteiger partial charge in [0, 0.05) is 0 Å². The van der Waals surface area contributed by atoms with Gasteiger partial charge in [-0.2, -0.15) is 0 Å². The molecular formula is C10H6FNO4. The summed E-state index contributed by atoms with van der Waals surface area (Å²) in [7, 11) is 0. The van der Waals surface area contributed by atoms with Crippen LogP contribution in [0.4, 0.5) is 10.1 Å². The highest BCUT2D eigenvalue weighted by atomic mass is 19.1. The number of rotatable bonds is 2. The van der Waals surface area contributed by atoms with E-state index in [-0.39, 0.29) is 11.3 Å². The van der Waals surface area contributed by atoms with Gasteiger partial charge in [0.15, 0.2) is 0 Å². The fraction of sp³-hybridized carbons (Fsp3) is 0.100. The third kappa shape index (κ3) is 1.44. The monoisotopic (exact) mass is 223 g/mol. The minimum atomic E-state index is -1.24. The van der Waals surface area contributed by atoms with Crippen LogP contribution in [0.3, 0.4) is 0 Å². The quantitative estimate of drug-likeness (QED) is 0.738. The zero-order valence-corrected chi connectivity index (χ0v) is 7.94. The lowest BCUT2D eigenvalue weighted by atomic mass is 10.1. The second-order valence-corrected chi connectivity index (χ2v) is 3.28. The number of fused-ring (bicyclic) bond motifs is 1. The summed E-state index contributed by atoms with van der Waals surface area (Å²) in [4.78, 5) is 34.1. The highest BCUT2D eigenvalue weighted by Crippen LogP contribution is 2.28. The van der Waals surface area contributed by atoms with Crippen LogP contribution >= 0.6 is 0 Å². The first-order chi connectivity index (χ1) is 7.50. The highest BCUT2D eigenvalue weighted by molar-refractivity contribution is 6.52. The van der Waals surface area contributed by atoms with Crippen molar-refractivity contribution in [2.75, 3.05) is 11.4 Å². The molecule has 2 rings (SSSR count). The highest BCUT2D eigenvalue weighted by Gasteiger charge is 2.36. The Balaban J connectivity index is 2.50. The topological polar surface area (TPSA) is 74.7 Å². The maximum atomic E-state index is 12.9. The maximum absolute atomic E-state index is 12.9. The van der Waals surface area contributed by atoms with Gasteiger partial charge < -0.3 is 5.11 Å². The summed E-state index contributed by atoms with van der Waals surface area (Å²) in [6.45, 7) is -0.608. The Morgan fingerprint density at radius 1 is 1.38 bits per heavy atom. The van der Waals surface area contributed by atoms with Crippen molar-refractivity contribution in [3.63, 3.8) is 0 Å². The van der Waals surface area contributed by atoms with Crippen LogP contribution in [-0.4, -0.2) is 29.3 Å². The van der Waals surface area contributed by atoms with Gasteiger partial charge in [0.2, 0.25) is 0 Å². The molecule has 1 aliphatic rings. The molecule has 0 aromatic heterocycles. The van der Waals surface area contributed by atoms with Crippen molar-refractivity contribution < 1.29 is 23.9 Å². The maximum Gasteiger partial charge on any atom is 0.323 e. The number of halogens is 1. The minimum Gasteiger partial charge on any atom is -0.480 e. The van der Waals surface area contributed by atoms with Gasteiger partial charge in [-0.1, -0.05) is 0 Å². The van der Waals surface area contributed by atoms with E-state index in [0.717, 1.165) is 17.0 Å². The van der Waals surface area contributed by atoms with Crippen molar-refractivity contribution in [2.45, 2.75) is 0 Å². The Morgan fingerprint density at radius 3 is 2.69 bits per heavy atom. The Bertz CT molecular complexity index is 512. The number of benzene rings is 1. The zero-order chi connectivity index (χ0) is 11.9. The molecule has 0 saturated heterocycles. The summed E-state index contributed by atoms with van der Waals surface area (Å²) in [6, 6.07) is 3.22. The fourth-order valence-corrected chi connectivity index (χ4v) is 1.56. The first-order valence-corrected chi connectivity index (χ1v) is 4.38. The van der Waals surface area contributed by atoms with Gasteiger partial charge in [0.05, 0.1) is 11.3 Å². The zero-order valence-electron chi connectivity index (χ0n) is 7.94. The number of hydrogen-bond donors (Lipinski definition) is 1. The third-order valence-electron chi connectivity index (χ3n) is 2.23. The normalized spacial score (nSPS) is 14.2. The number of carboxylic acids is 1. The molecule has 0 atom stereocenters. The van der Waals surface area contributed by atoms with Gasteiger partial charge in [0.1, 0.15) is 12.4 Å².